The molecule has 0 fully saturated rings. The predicted octanol–water partition coefficient (Wildman–Crippen LogP) is 3.83. The summed E-state index contributed by atoms with van der Waals surface area (Å²) in [6, 6.07) is 9.84. The lowest BCUT2D eigenvalue weighted by Crippen LogP contribution is -2.29. The van der Waals surface area contributed by atoms with Gasteiger partial charge in [0.25, 0.3) is 0 Å². The molecule has 0 aliphatic heterocycles. The molecule has 3 nitrogen and oxygen atoms in total. The number of aryl methyl sites for hydroxylation is 1. The highest BCUT2D eigenvalue weighted by molar-refractivity contribution is 7.79. The Morgan fingerprint density at radius 1 is 1.37 bits per heavy atom. The van der Waals surface area contributed by atoms with Gasteiger partial charge in [0.2, 0.25) is 0 Å². The monoisotopic (exact) mass is 279 g/mol. The molecule has 0 saturated carbocycles. The van der Waals surface area contributed by atoms with Crippen LogP contribution >= 0.6 is 0 Å². The molecule has 0 aromatic heterocycles. The van der Waals surface area contributed by atoms with Crippen molar-refractivity contribution in [2.75, 3.05) is 0 Å². The number of benzene rings is 1. The van der Waals surface area contributed by atoms with Gasteiger partial charge in [0, 0.05) is 6.42 Å². The van der Waals surface area contributed by atoms with E-state index < -0.39 is 16.3 Å². The van der Waals surface area contributed by atoms with Gasteiger partial charge in [0.05, 0.1) is 11.3 Å². The lowest BCUT2D eigenvalue weighted by Gasteiger charge is -2.34. The van der Waals surface area contributed by atoms with Gasteiger partial charge in [0.15, 0.2) is 11.1 Å². The molecule has 0 saturated heterocycles. The molecular formula is C15H21NO2S. The minimum Gasteiger partial charge on any atom is -0.306 e. The third-order valence-corrected chi connectivity index (χ3v) is 4.96. The quantitative estimate of drug-likeness (QED) is 0.833. The van der Waals surface area contributed by atoms with Crippen LogP contribution in [0.2, 0.25) is 0 Å². The molecule has 4 heteroatoms. The van der Waals surface area contributed by atoms with Crippen molar-refractivity contribution in [3.8, 4) is 6.07 Å². The van der Waals surface area contributed by atoms with Crippen molar-refractivity contribution in [1.82, 2.24) is 0 Å². The summed E-state index contributed by atoms with van der Waals surface area (Å²) in [4.78, 5) is 0. The second kappa shape index (κ2) is 6.31. The predicted molar refractivity (Wildman–Crippen MR) is 77.9 cm³/mol. The van der Waals surface area contributed by atoms with Gasteiger partial charge < -0.3 is 4.55 Å². The summed E-state index contributed by atoms with van der Waals surface area (Å²) in [6.45, 7) is 7.86. The van der Waals surface area contributed by atoms with Crippen molar-refractivity contribution in [1.29, 1.82) is 5.26 Å². The zero-order valence-electron chi connectivity index (χ0n) is 11.9. The molecule has 0 heterocycles. The van der Waals surface area contributed by atoms with E-state index in [0.29, 0.717) is 6.42 Å². The van der Waals surface area contributed by atoms with Crippen LogP contribution in [-0.2, 0) is 11.1 Å². The lowest BCUT2D eigenvalue weighted by atomic mass is 9.74. The van der Waals surface area contributed by atoms with E-state index in [2.05, 4.69) is 6.07 Å². The Morgan fingerprint density at radius 3 is 2.32 bits per heavy atom. The van der Waals surface area contributed by atoms with Crippen molar-refractivity contribution >= 4 is 11.1 Å². The fourth-order valence-electron chi connectivity index (χ4n) is 2.11. The Bertz CT molecular complexity index is 488. The van der Waals surface area contributed by atoms with E-state index in [9.17, 15) is 8.76 Å². The van der Waals surface area contributed by atoms with E-state index >= 15 is 0 Å². The van der Waals surface area contributed by atoms with Gasteiger partial charge in [0.1, 0.15) is 0 Å². The van der Waals surface area contributed by atoms with Crippen LogP contribution in [-0.4, -0.2) is 8.76 Å². The first kappa shape index (κ1) is 15.9. The Hall–Kier alpha value is -1.18. The Morgan fingerprint density at radius 2 is 1.89 bits per heavy atom. The first-order chi connectivity index (χ1) is 8.79. The normalized spacial score (nSPS) is 16.4. The summed E-state index contributed by atoms with van der Waals surface area (Å²) in [5, 5.41) is 8.42. The maximum absolute atomic E-state index is 11.7. The second-order valence-corrected chi connectivity index (χ2v) is 6.78. The largest absolute Gasteiger partial charge is 0.306 e. The van der Waals surface area contributed by atoms with E-state index in [1.54, 1.807) is 0 Å². The first-order valence-electron chi connectivity index (χ1n) is 6.33. The third kappa shape index (κ3) is 3.89. The van der Waals surface area contributed by atoms with Gasteiger partial charge in [-0.1, -0.05) is 50.6 Å². The van der Waals surface area contributed by atoms with Gasteiger partial charge in [-0.3, -0.25) is 0 Å². The van der Waals surface area contributed by atoms with Gasteiger partial charge in [-0.05, 0) is 23.8 Å². The average Bonchev–Trinajstić information content (AvgIpc) is 2.31. The van der Waals surface area contributed by atoms with Crippen LogP contribution in [0.25, 0.3) is 0 Å². The summed E-state index contributed by atoms with van der Waals surface area (Å²) >= 11 is -1.95. The fourth-order valence-corrected chi connectivity index (χ4v) is 3.22. The Kier molecular flexibility index (Phi) is 5.28. The summed E-state index contributed by atoms with van der Waals surface area (Å²) in [5.41, 5.74) is 1.67. The van der Waals surface area contributed by atoms with Crippen LogP contribution in [0.1, 0.15) is 43.6 Å². The summed E-state index contributed by atoms with van der Waals surface area (Å²) in [7, 11) is 0. The van der Waals surface area contributed by atoms with Gasteiger partial charge >= 0.3 is 0 Å². The van der Waals surface area contributed by atoms with Crippen molar-refractivity contribution in [2.45, 2.75) is 39.4 Å². The fraction of sp³-hybridized carbons (Fsp3) is 0.533. The molecule has 1 aromatic rings. The van der Waals surface area contributed by atoms with Gasteiger partial charge in [-0.2, -0.15) is 5.26 Å². The van der Waals surface area contributed by atoms with Crippen LogP contribution in [0.3, 0.4) is 0 Å². The van der Waals surface area contributed by atoms with Crippen LogP contribution in [0.15, 0.2) is 24.3 Å². The van der Waals surface area contributed by atoms with Crippen molar-refractivity contribution in [3.05, 3.63) is 35.4 Å². The minimum atomic E-state index is -1.95. The molecule has 0 radical (unpaired) electrons. The molecule has 1 rings (SSSR count). The van der Waals surface area contributed by atoms with E-state index in [1.165, 1.54) is 0 Å². The number of nitriles is 1. The number of nitrogens with zero attached hydrogens (tertiary/aromatic N) is 1. The molecule has 1 aromatic carbocycles. The lowest BCUT2D eigenvalue weighted by molar-refractivity contribution is 0.226. The van der Waals surface area contributed by atoms with Crippen LogP contribution in [0, 0.1) is 29.6 Å². The number of hydrogen-bond acceptors (Lipinski definition) is 2. The maximum Gasteiger partial charge on any atom is 0.160 e. The van der Waals surface area contributed by atoms with Crippen molar-refractivity contribution in [3.63, 3.8) is 0 Å². The van der Waals surface area contributed by atoms with E-state index in [1.807, 2.05) is 52.0 Å². The topological polar surface area (TPSA) is 61.1 Å². The molecule has 0 spiro atoms. The number of hydrogen-bond donors (Lipinski definition) is 1. The third-order valence-electron chi connectivity index (χ3n) is 3.84. The highest BCUT2D eigenvalue weighted by Gasteiger charge is 2.36. The van der Waals surface area contributed by atoms with Crippen LogP contribution < -0.4 is 0 Å². The molecule has 3 unspecified atom stereocenters. The smallest absolute Gasteiger partial charge is 0.160 e. The number of rotatable bonds is 5. The zero-order valence-corrected chi connectivity index (χ0v) is 12.7. The molecule has 0 amide bonds. The van der Waals surface area contributed by atoms with E-state index in [-0.39, 0.29) is 11.3 Å². The highest BCUT2D eigenvalue weighted by Crippen LogP contribution is 2.41. The SMILES string of the molecule is Cc1ccc(C(C(C)C(C)(C)CC#N)S(=O)O)cc1. The first-order valence-corrected chi connectivity index (χ1v) is 7.49. The van der Waals surface area contributed by atoms with Crippen molar-refractivity contribution in [2.24, 2.45) is 11.3 Å². The molecule has 0 aliphatic rings. The summed E-state index contributed by atoms with van der Waals surface area (Å²) in [6.07, 6.45) is 0.369. The Balaban J connectivity index is 3.12. The van der Waals surface area contributed by atoms with E-state index in [0.717, 1.165) is 11.1 Å². The molecular weight excluding hydrogens is 258 g/mol. The highest BCUT2D eigenvalue weighted by atomic mass is 32.2. The molecule has 0 bridgehead atoms. The standard InChI is InChI=1S/C15H21NO2S/c1-11-5-7-13(8-6-11)14(19(17)18)12(2)15(3,4)9-10-16/h5-8,12,14H,9H2,1-4H3,(H,17,18). The van der Waals surface area contributed by atoms with Crippen molar-refractivity contribution < 1.29 is 8.76 Å². The summed E-state index contributed by atoms with van der Waals surface area (Å²) < 4.78 is 21.3. The zero-order chi connectivity index (χ0) is 14.6. The van der Waals surface area contributed by atoms with Gasteiger partial charge in [-0.25, -0.2) is 4.21 Å². The Labute approximate surface area is 117 Å². The maximum atomic E-state index is 11.7. The average molecular weight is 279 g/mol. The van der Waals surface area contributed by atoms with Gasteiger partial charge in [-0.15, -0.1) is 0 Å². The van der Waals surface area contributed by atoms with Crippen LogP contribution in [0.4, 0.5) is 0 Å². The summed E-state index contributed by atoms with van der Waals surface area (Å²) in [5.74, 6) is -0.0688. The minimum absolute atomic E-state index is 0.0688. The van der Waals surface area contributed by atoms with Crippen LogP contribution in [0.5, 0.6) is 0 Å². The molecule has 0 aliphatic carbocycles. The molecule has 104 valence electrons. The van der Waals surface area contributed by atoms with E-state index in [4.69, 9.17) is 5.26 Å². The second-order valence-electron chi connectivity index (χ2n) is 5.72. The molecule has 19 heavy (non-hydrogen) atoms. The molecule has 3 atom stereocenters. The molecule has 1 N–H and O–H groups in total.